The minimum atomic E-state index is -0.825. The van der Waals surface area contributed by atoms with Gasteiger partial charge in [-0.3, -0.25) is 4.79 Å². The maximum atomic E-state index is 10.7. The molecule has 1 atom stereocenters. The Labute approximate surface area is 110 Å². The van der Waals surface area contributed by atoms with Gasteiger partial charge in [0, 0.05) is 18.2 Å². The fraction of sp³-hybridized carbons (Fsp3) is 0.429. The fourth-order valence-corrected chi connectivity index (χ4v) is 2.45. The first kappa shape index (κ1) is 12.2. The highest BCUT2D eigenvalue weighted by molar-refractivity contribution is 5.80. The molecule has 2 aromatic rings. The fourth-order valence-electron chi connectivity index (χ4n) is 2.45. The third-order valence-corrected chi connectivity index (χ3v) is 3.40. The highest BCUT2D eigenvalue weighted by Crippen LogP contribution is 2.24. The van der Waals surface area contributed by atoms with Crippen LogP contribution in [0.5, 0.6) is 0 Å². The summed E-state index contributed by atoms with van der Waals surface area (Å²) in [6.45, 7) is 0.783. The summed E-state index contributed by atoms with van der Waals surface area (Å²) in [5.74, 6) is -0.825. The Balaban J connectivity index is 1.89. The quantitative estimate of drug-likeness (QED) is 0.920. The van der Waals surface area contributed by atoms with Gasteiger partial charge in [0.25, 0.3) is 0 Å². The molecule has 1 unspecified atom stereocenters. The summed E-state index contributed by atoms with van der Waals surface area (Å²) in [4.78, 5) is 10.7. The predicted molar refractivity (Wildman–Crippen MR) is 69.9 cm³/mol. The summed E-state index contributed by atoms with van der Waals surface area (Å²) in [6.07, 6.45) is 5.27. The number of nitrogens with zero attached hydrogens (tertiary/aromatic N) is 2. The molecule has 19 heavy (non-hydrogen) atoms. The normalized spacial score (nSPS) is 19.7. The number of aromatic nitrogens is 2. The lowest BCUT2D eigenvalue weighted by atomic mass is 10.1. The summed E-state index contributed by atoms with van der Waals surface area (Å²) >= 11 is 0. The van der Waals surface area contributed by atoms with Crippen LogP contribution in [0.1, 0.15) is 31.1 Å². The maximum Gasteiger partial charge on any atom is 0.307 e. The molecule has 0 bridgehead atoms. The van der Waals surface area contributed by atoms with Crippen molar-refractivity contribution in [3.05, 3.63) is 30.0 Å². The monoisotopic (exact) mass is 260 g/mol. The molecule has 1 aromatic heterocycles. The van der Waals surface area contributed by atoms with Crippen LogP contribution in [-0.4, -0.2) is 27.5 Å². The zero-order valence-corrected chi connectivity index (χ0v) is 10.6. The van der Waals surface area contributed by atoms with E-state index in [1.165, 1.54) is 0 Å². The average Bonchev–Trinajstić information content (AvgIpc) is 2.82. The number of aliphatic carboxylic acids is 1. The van der Waals surface area contributed by atoms with Crippen LogP contribution >= 0.6 is 0 Å². The third kappa shape index (κ3) is 2.61. The first-order valence-corrected chi connectivity index (χ1v) is 6.53. The van der Waals surface area contributed by atoms with Crippen LogP contribution in [0.15, 0.2) is 24.4 Å². The molecule has 1 N–H and O–H groups in total. The number of rotatable bonds is 3. The molecule has 3 rings (SSSR count). The summed E-state index contributed by atoms with van der Waals surface area (Å²) in [5.41, 5.74) is 1.60. The molecule has 0 aliphatic carbocycles. The van der Waals surface area contributed by atoms with Gasteiger partial charge in [-0.05, 0) is 30.9 Å². The number of carbonyl (C=O) groups is 1. The van der Waals surface area contributed by atoms with E-state index in [9.17, 15) is 4.79 Å². The number of benzene rings is 1. The molecule has 1 aromatic carbocycles. The van der Waals surface area contributed by atoms with E-state index >= 15 is 0 Å². The van der Waals surface area contributed by atoms with Crippen LogP contribution in [0.2, 0.25) is 0 Å². The van der Waals surface area contributed by atoms with Crippen molar-refractivity contribution in [3.8, 4) is 0 Å². The van der Waals surface area contributed by atoms with Crippen LogP contribution in [0.25, 0.3) is 10.9 Å². The Kier molecular flexibility index (Phi) is 3.21. The SMILES string of the molecule is O=C(O)Cc1ccc2cn(C3CCCCO3)nc2c1. The zero-order valence-electron chi connectivity index (χ0n) is 10.6. The summed E-state index contributed by atoms with van der Waals surface area (Å²) in [5, 5.41) is 14.3. The van der Waals surface area contributed by atoms with Crippen LogP contribution in [0.4, 0.5) is 0 Å². The Morgan fingerprint density at radius 2 is 2.37 bits per heavy atom. The van der Waals surface area contributed by atoms with E-state index in [1.807, 2.05) is 29.1 Å². The number of hydrogen-bond acceptors (Lipinski definition) is 3. The topological polar surface area (TPSA) is 64.3 Å². The minimum absolute atomic E-state index is 0.0177. The molecule has 5 nitrogen and oxygen atoms in total. The molecule has 1 aliphatic heterocycles. The molecule has 2 heterocycles. The summed E-state index contributed by atoms with van der Waals surface area (Å²) < 4.78 is 7.55. The number of fused-ring (bicyclic) bond motifs is 1. The smallest absolute Gasteiger partial charge is 0.307 e. The van der Waals surface area contributed by atoms with Crippen molar-refractivity contribution in [1.29, 1.82) is 0 Å². The number of carboxylic acid groups (broad SMARTS) is 1. The van der Waals surface area contributed by atoms with E-state index < -0.39 is 5.97 Å². The molecule has 1 fully saturated rings. The van der Waals surface area contributed by atoms with Gasteiger partial charge < -0.3 is 9.84 Å². The Morgan fingerprint density at radius 1 is 1.47 bits per heavy atom. The molecule has 1 saturated heterocycles. The third-order valence-electron chi connectivity index (χ3n) is 3.40. The second-order valence-electron chi connectivity index (χ2n) is 4.89. The molecular formula is C14H16N2O3. The van der Waals surface area contributed by atoms with Gasteiger partial charge in [0.2, 0.25) is 0 Å². The van der Waals surface area contributed by atoms with Gasteiger partial charge in [0.15, 0.2) is 0 Å². The second kappa shape index (κ2) is 5.01. The van der Waals surface area contributed by atoms with E-state index in [2.05, 4.69) is 5.10 Å². The molecule has 100 valence electrons. The number of hydrogen-bond donors (Lipinski definition) is 1. The Hall–Kier alpha value is -1.88. The zero-order chi connectivity index (χ0) is 13.2. The number of carboxylic acids is 1. The maximum absolute atomic E-state index is 10.7. The van der Waals surface area contributed by atoms with E-state index in [-0.39, 0.29) is 12.6 Å². The molecule has 0 radical (unpaired) electrons. The molecule has 0 saturated carbocycles. The van der Waals surface area contributed by atoms with Gasteiger partial charge in [-0.15, -0.1) is 0 Å². The minimum Gasteiger partial charge on any atom is -0.481 e. The predicted octanol–water partition coefficient (Wildman–Crippen LogP) is 2.36. The average molecular weight is 260 g/mol. The van der Waals surface area contributed by atoms with Gasteiger partial charge in [-0.25, -0.2) is 4.68 Å². The first-order chi connectivity index (χ1) is 9.22. The molecule has 0 amide bonds. The van der Waals surface area contributed by atoms with Crippen molar-refractivity contribution in [1.82, 2.24) is 9.78 Å². The Morgan fingerprint density at radius 3 is 3.11 bits per heavy atom. The number of ether oxygens (including phenoxy) is 1. The summed E-state index contributed by atoms with van der Waals surface area (Å²) in [6, 6.07) is 5.59. The lowest BCUT2D eigenvalue weighted by Crippen LogP contribution is -2.18. The van der Waals surface area contributed by atoms with Crippen molar-refractivity contribution >= 4 is 16.9 Å². The standard InChI is InChI=1S/C14H16N2O3/c17-14(18)8-10-4-5-11-9-16(15-12(11)7-10)13-3-1-2-6-19-13/h4-5,7,9,13H,1-3,6,8H2,(H,17,18). The van der Waals surface area contributed by atoms with Gasteiger partial charge in [-0.1, -0.05) is 12.1 Å². The van der Waals surface area contributed by atoms with E-state index in [4.69, 9.17) is 9.84 Å². The van der Waals surface area contributed by atoms with Crippen LogP contribution in [0.3, 0.4) is 0 Å². The van der Waals surface area contributed by atoms with Crippen molar-refractivity contribution in [2.75, 3.05) is 6.61 Å². The van der Waals surface area contributed by atoms with Gasteiger partial charge >= 0.3 is 5.97 Å². The van der Waals surface area contributed by atoms with Crippen LogP contribution in [-0.2, 0) is 16.0 Å². The highest BCUT2D eigenvalue weighted by atomic mass is 16.5. The molecular weight excluding hydrogens is 244 g/mol. The van der Waals surface area contributed by atoms with Crippen molar-refractivity contribution in [3.63, 3.8) is 0 Å². The lowest BCUT2D eigenvalue weighted by molar-refractivity contribution is -0.136. The van der Waals surface area contributed by atoms with E-state index in [1.54, 1.807) is 0 Å². The van der Waals surface area contributed by atoms with Gasteiger partial charge in [0.05, 0.1) is 11.9 Å². The van der Waals surface area contributed by atoms with Crippen LogP contribution < -0.4 is 0 Å². The molecule has 5 heteroatoms. The van der Waals surface area contributed by atoms with Crippen molar-refractivity contribution in [2.45, 2.75) is 31.9 Å². The van der Waals surface area contributed by atoms with Crippen LogP contribution in [0, 0.1) is 0 Å². The van der Waals surface area contributed by atoms with Crippen molar-refractivity contribution < 1.29 is 14.6 Å². The van der Waals surface area contributed by atoms with Gasteiger partial charge in [-0.2, -0.15) is 5.10 Å². The molecule has 1 aliphatic rings. The Bertz CT molecular complexity index is 600. The van der Waals surface area contributed by atoms with E-state index in [0.717, 1.165) is 42.3 Å². The summed E-state index contributed by atoms with van der Waals surface area (Å²) in [7, 11) is 0. The second-order valence-corrected chi connectivity index (χ2v) is 4.89. The lowest BCUT2D eigenvalue weighted by Gasteiger charge is -2.22. The van der Waals surface area contributed by atoms with Crippen molar-refractivity contribution in [2.24, 2.45) is 0 Å². The first-order valence-electron chi connectivity index (χ1n) is 6.53. The highest BCUT2D eigenvalue weighted by Gasteiger charge is 2.17. The van der Waals surface area contributed by atoms with E-state index in [0.29, 0.717) is 0 Å². The molecule has 0 spiro atoms. The van der Waals surface area contributed by atoms with Gasteiger partial charge in [0.1, 0.15) is 6.23 Å². The largest absolute Gasteiger partial charge is 0.481 e.